The number of hydrogen-bond acceptors (Lipinski definition) is 4. The first kappa shape index (κ1) is 20.7. The maximum atomic E-state index is 11.8. The largest absolute Gasteiger partial charge is 0.356 e. The number of carbonyl (C=O) groups excluding carboxylic acids is 1. The van der Waals surface area contributed by atoms with Crippen molar-refractivity contribution in [1.82, 2.24) is 20.5 Å². The van der Waals surface area contributed by atoms with Gasteiger partial charge in [0.05, 0.1) is 5.01 Å². The van der Waals surface area contributed by atoms with E-state index < -0.39 is 0 Å². The van der Waals surface area contributed by atoms with Crippen molar-refractivity contribution in [3.8, 4) is 0 Å². The van der Waals surface area contributed by atoms with Crippen LogP contribution in [0.4, 0.5) is 0 Å². The average Bonchev–Trinajstić information content (AvgIpc) is 3.12. The second kappa shape index (κ2) is 11.2. The van der Waals surface area contributed by atoms with E-state index in [2.05, 4.69) is 27.5 Å². The second-order valence-electron chi connectivity index (χ2n) is 7.09. The minimum absolute atomic E-state index is 0.0104. The normalized spacial score (nSPS) is 15.7. The number of rotatable bonds is 8. The highest BCUT2D eigenvalue weighted by Gasteiger charge is 2.14. The molecule has 2 N–H and O–H groups in total. The van der Waals surface area contributed by atoms with Crippen LogP contribution in [0.1, 0.15) is 48.9 Å². The van der Waals surface area contributed by atoms with Gasteiger partial charge in [-0.25, -0.2) is 9.98 Å². The van der Waals surface area contributed by atoms with E-state index in [0.29, 0.717) is 5.92 Å². The molecule has 1 fully saturated rings. The van der Waals surface area contributed by atoms with Gasteiger partial charge in [-0.3, -0.25) is 4.79 Å². The van der Waals surface area contributed by atoms with Crippen LogP contribution in [0.15, 0.2) is 11.2 Å². The predicted octanol–water partition coefficient (Wildman–Crippen LogP) is 2.45. The van der Waals surface area contributed by atoms with E-state index in [0.717, 1.165) is 36.9 Å². The predicted molar refractivity (Wildman–Crippen MR) is 109 cm³/mol. The highest BCUT2D eigenvalue weighted by molar-refractivity contribution is 7.11. The van der Waals surface area contributed by atoms with Gasteiger partial charge in [0.15, 0.2) is 5.96 Å². The number of guanidine groups is 1. The summed E-state index contributed by atoms with van der Waals surface area (Å²) < 4.78 is 0. The maximum Gasteiger partial charge on any atom is 0.243 e. The van der Waals surface area contributed by atoms with Crippen LogP contribution in [0.3, 0.4) is 0 Å². The van der Waals surface area contributed by atoms with Crippen LogP contribution in [-0.4, -0.2) is 55.5 Å². The Hall–Kier alpha value is -1.63. The van der Waals surface area contributed by atoms with Gasteiger partial charge < -0.3 is 15.5 Å². The Balaban J connectivity index is 1.83. The Morgan fingerprint density at radius 2 is 2.08 bits per heavy atom. The van der Waals surface area contributed by atoms with E-state index in [1.807, 2.05) is 6.20 Å². The third kappa shape index (κ3) is 7.32. The maximum absolute atomic E-state index is 11.8. The molecule has 146 valence electrons. The second-order valence-corrected chi connectivity index (χ2v) is 8.29. The molecule has 0 saturated heterocycles. The van der Waals surface area contributed by atoms with Crippen LogP contribution in [-0.2, 0) is 17.6 Å². The van der Waals surface area contributed by atoms with Gasteiger partial charge in [0.25, 0.3) is 0 Å². The molecule has 1 aromatic rings. The van der Waals surface area contributed by atoms with Gasteiger partial charge in [0.1, 0.15) is 6.54 Å². The molecule has 1 aliphatic carbocycles. The third-order valence-corrected chi connectivity index (χ3v) is 5.94. The molecule has 1 saturated carbocycles. The van der Waals surface area contributed by atoms with Crippen molar-refractivity contribution < 1.29 is 4.79 Å². The number of amides is 1. The highest BCUT2D eigenvalue weighted by Crippen LogP contribution is 2.22. The Labute approximate surface area is 161 Å². The number of hydrogen-bond donors (Lipinski definition) is 2. The Bertz CT molecular complexity index is 578. The first-order chi connectivity index (χ1) is 12.6. The summed E-state index contributed by atoms with van der Waals surface area (Å²) in [5.41, 5.74) is 0. The highest BCUT2D eigenvalue weighted by atomic mass is 32.1. The molecular formula is C19H33N5OS. The zero-order valence-electron chi connectivity index (χ0n) is 16.4. The number of aryl methyl sites for hydroxylation is 1. The Kier molecular flexibility index (Phi) is 8.88. The van der Waals surface area contributed by atoms with Gasteiger partial charge in [0, 0.05) is 44.7 Å². The molecule has 1 amide bonds. The minimum Gasteiger partial charge on any atom is -0.356 e. The molecule has 0 atom stereocenters. The molecule has 0 bridgehead atoms. The first-order valence-electron chi connectivity index (χ1n) is 9.74. The first-order valence-corrected chi connectivity index (χ1v) is 10.6. The number of nitrogens with one attached hydrogen (secondary N) is 2. The van der Waals surface area contributed by atoms with E-state index >= 15 is 0 Å². The molecule has 6 nitrogen and oxygen atoms in total. The SMILES string of the molecule is CCc1cnc(CCNC(=NCC(=O)N(C)C)NCC2CCCCC2)s1. The molecule has 2 rings (SSSR count). The number of nitrogens with zero attached hydrogens (tertiary/aromatic N) is 3. The third-order valence-electron chi connectivity index (χ3n) is 4.74. The van der Waals surface area contributed by atoms with Gasteiger partial charge in [-0.2, -0.15) is 0 Å². The summed E-state index contributed by atoms with van der Waals surface area (Å²) >= 11 is 1.77. The number of likely N-dealkylation sites (N-methyl/N-ethyl adjacent to an activating group) is 1. The quantitative estimate of drug-likeness (QED) is 0.538. The topological polar surface area (TPSA) is 69.6 Å². The van der Waals surface area contributed by atoms with Gasteiger partial charge in [-0.05, 0) is 25.2 Å². The van der Waals surface area contributed by atoms with E-state index in [1.54, 1.807) is 30.3 Å². The molecule has 0 aromatic carbocycles. The Morgan fingerprint density at radius 3 is 2.73 bits per heavy atom. The van der Waals surface area contributed by atoms with E-state index in [4.69, 9.17) is 0 Å². The van der Waals surface area contributed by atoms with E-state index in [9.17, 15) is 4.79 Å². The van der Waals surface area contributed by atoms with Crippen molar-refractivity contribution in [1.29, 1.82) is 0 Å². The van der Waals surface area contributed by atoms with Crippen molar-refractivity contribution in [3.63, 3.8) is 0 Å². The van der Waals surface area contributed by atoms with Crippen molar-refractivity contribution in [3.05, 3.63) is 16.1 Å². The molecule has 7 heteroatoms. The zero-order chi connectivity index (χ0) is 18.8. The molecule has 1 aliphatic rings. The number of thiazole rings is 1. The summed E-state index contributed by atoms with van der Waals surface area (Å²) in [5, 5.41) is 7.95. The lowest BCUT2D eigenvalue weighted by Crippen LogP contribution is -2.41. The molecule has 26 heavy (non-hydrogen) atoms. The van der Waals surface area contributed by atoms with E-state index in [-0.39, 0.29) is 12.5 Å². The fraction of sp³-hybridized carbons (Fsp3) is 0.737. The lowest BCUT2D eigenvalue weighted by molar-refractivity contribution is -0.127. The molecule has 1 heterocycles. The van der Waals surface area contributed by atoms with Crippen LogP contribution in [0, 0.1) is 5.92 Å². The number of carbonyl (C=O) groups is 1. The summed E-state index contributed by atoms with van der Waals surface area (Å²) in [5.74, 6) is 1.46. The molecule has 0 unspecified atom stereocenters. The molecule has 0 aliphatic heterocycles. The summed E-state index contributed by atoms with van der Waals surface area (Å²) in [7, 11) is 3.52. The molecule has 0 radical (unpaired) electrons. The van der Waals surface area contributed by atoms with Gasteiger partial charge >= 0.3 is 0 Å². The smallest absolute Gasteiger partial charge is 0.243 e. The molecule has 1 aromatic heterocycles. The summed E-state index contributed by atoms with van der Waals surface area (Å²) in [6.07, 6.45) is 10.5. The van der Waals surface area contributed by atoms with Crippen LogP contribution < -0.4 is 10.6 Å². The van der Waals surface area contributed by atoms with Crippen LogP contribution in [0.25, 0.3) is 0 Å². The van der Waals surface area contributed by atoms with Crippen molar-refractivity contribution in [2.24, 2.45) is 10.9 Å². The van der Waals surface area contributed by atoms with Crippen molar-refractivity contribution in [2.45, 2.75) is 51.9 Å². The van der Waals surface area contributed by atoms with E-state index in [1.165, 1.54) is 37.0 Å². The lowest BCUT2D eigenvalue weighted by atomic mass is 9.89. The number of aromatic nitrogens is 1. The zero-order valence-corrected chi connectivity index (χ0v) is 17.2. The standard InChI is InChI=1S/C19H33N5OS/c1-4-16-13-21-17(26-16)10-11-20-19(23-14-18(25)24(2)3)22-12-15-8-6-5-7-9-15/h13,15H,4-12,14H2,1-3H3,(H2,20,22,23). The van der Waals surface area contributed by atoms with Crippen molar-refractivity contribution in [2.75, 3.05) is 33.7 Å². The van der Waals surface area contributed by atoms with Crippen LogP contribution in [0.2, 0.25) is 0 Å². The van der Waals surface area contributed by atoms with Gasteiger partial charge in [-0.1, -0.05) is 26.2 Å². The number of aliphatic imine (C=N–C) groups is 1. The average molecular weight is 380 g/mol. The van der Waals surface area contributed by atoms with Crippen molar-refractivity contribution >= 4 is 23.2 Å². The van der Waals surface area contributed by atoms with Crippen LogP contribution >= 0.6 is 11.3 Å². The monoisotopic (exact) mass is 379 g/mol. The minimum atomic E-state index is 0.0104. The summed E-state index contributed by atoms with van der Waals surface area (Å²) in [4.78, 5) is 23.7. The van der Waals surface area contributed by atoms with Gasteiger partial charge in [-0.15, -0.1) is 11.3 Å². The Morgan fingerprint density at radius 1 is 1.31 bits per heavy atom. The lowest BCUT2D eigenvalue weighted by Gasteiger charge is -2.23. The van der Waals surface area contributed by atoms with Gasteiger partial charge in [0.2, 0.25) is 5.91 Å². The summed E-state index contributed by atoms with van der Waals surface area (Å²) in [6.45, 7) is 4.02. The molecule has 0 spiro atoms. The fourth-order valence-corrected chi connectivity index (χ4v) is 3.87. The fourth-order valence-electron chi connectivity index (χ4n) is 3.01. The summed E-state index contributed by atoms with van der Waals surface area (Å²) in [6, 6.07) is 0. The van der Waals surface area contributed by atoms with Crippen LogP contribution in [0.5, 0.6) is 0 Å². The molecular weight excluding hydrogens is 346 g/mol.